The van der Waals surface area contributed by atoms with Crippen LogP contribution in [0.3, 0.4) is 0 Å². The molecular formula is C44H55N3O12S. The first kappa shape index (κ1) is 46.2. The molecule has 0 radical (unpaired) electrons. The Morgan fingerprint density at radius 3 is 1.98 bits per heavy atom. The number of likely N-dealkylation sites (N-methyl/N-ethyl adjacent to an activating group) is 1. The van der Waals surface area contributed by atoms with E-state index in [-0.39, 0.29) is 37.8 Å². The van der Waals surface area contributed by atoms with Gasteiger partial charge in [0.1, 0.15) is 18.8 Å². The molecule has 0 aliphatic carbocycles. The Morgan fingerprint density at radius 2 is 1.38 bits per heavy atom. The molecule has 2 saturated heterocycles. The first-order valence-corrected chi connectivity index (χ1v) is 20.4. The van der Waals surface area contributed by atoms with Gasteiger partial charge in [0.15, 0.2) is 24.6 Å². The lowest BCUT2D eigenvalue weighted by Gasteiger charge is -2.44. The molecule has 0 saturated carbocycles. The van der Waals surface area contributed by atoms with E-state index in [0.29, 0.717) is 18.1 Å². The molecule has 5 rings (SSSR count). The number of carbonyl (C=O) groups is 4. The maximum Gasteiger partial charge on any atom is 0.303 e. The minimum absolute atomic E-state index is 0.0189. The molecule has 0 spiro atoms. The van der Waals surface area contributed by atoms with Crippen LogP contribution in [0.4, 0.5) is 0 Å². The molecule has 2 N–H and O–H groups in total. The van der Waals surface area contributed by atoms with E-state index in [1.54, 1.807) is 6.20 Å². The van der Waals surface area contributed by atoms with Crippen molar-refractivity contribution >= 4 is 41.1 Å². The Balaban J connectivity index is 1.27. The van der Waals surface area contributed by atoms with Gasteiger partial charge in [0, 0.05) is 83.5 Å². The molecule has 2 aliphatic heterocycles. The topological polar surface area (TPSA) is 181 Å². The van der Waals surface area contributed by atoms with E-state index in [1.807, 2.05) is 66.7 Å². The molecule has 16 heteroatoms. The Kier molecular flexibility index (Phi) is 17.1. The van der Waals surface area contributed by atoms with Gasteiger partial charge in [-0.25, -0.2) is 0 Å². The van der Waals surface area contributed by atoms with Crippen molar-refractivity contribution in [2.24, 2.45) is 5.92 Å². The zero-order valence-electron chi connectivity index (χ0n) is 34.8. The highest BCUT2D eigenvalue weighted by molar-refractivity contribution is 7.80. The number of benzene rings is 2. The van der Waals surface area contributed by atoms with Gasteiger partial charge in [0.25, 0.3) is 0 Å². The largest absolute Gasteiger partial charge is 0.463 e. The summed E-state index contributed by atoms with van der Waals surface area (Å²) in [5.41, 5.74) is 4.58. The average Bonchev–Trinajstić information content (AvgIpc) is 3.21. The van der Waals surface area contributed by atoms with Gasteiger partial charge in [-0.2, -0.15) is 0 Å². The van der Waals surface area contributed by atoms with Crippen LogP contribution in [-0.2, 0) is 71.9 Å². The van der Waals surface area contributed by atoms with E-state index < -0.39 is 60.7 Å². The van der Waals surface area contributed by atoms with E-state index in [1.165, 1.54) is 27.7 Å². The number of hydrogen-bond donors (Lipinski definition) is 2. The molecule has 2 aliphatic rings. The Bertz CT molecular complexity index is 1900. The Morgan fingerprint density at radius 1 is 0.767 bits per heavy atom. The van der Waals surface area contributed by atoms with Crippen molar-refractivity contribution in [1.82, 2.24) is 15.2 Å². The fourth-order valence-corrected chi connectivity index (χ4v) is 7.54. The highest BCUT2D eigenvalue weighted by Gasteiger charge is 2.52. The fraction of sp³-hybridized carbons (Fsp3) is 0.500. The van der Waals surface area contributed by atoms with E-state index in [4.69, 9.17) is 45.4 Å². The number of pyridine rings is 1. The summed E-state index contributed by atoms with van der Waals surface area (Å²) in [5.74, 6) is -2.69. The van der Waals surface area contributed by atoms with Gasteiger partial charge in [-0.05, 0) is 35.9 Å². The number of nitrogens with one attached hydrogen (secondary N) is 1. The number of ether oxygens (including phenoxy) is 7. The summed E-state index contributed by atoms with van der Waals surface area (Å²) in [5, 5.41) is 12.9. The molecule has 3 heterocycles. The molecule has 2 aromatic carbocycles. The maximum absolute atomic E-state index is 12.2. The molecule has 0 bridgehead atoms. The summed E-state index contributed by atoms with van der Waals surface area (Å²) < 4.78 is 41.3. The summed E-state index contributed by atoms with van der Waals surface area (Å²) in [6, 6.07) is 21.5. The molecule has 1 unspecified atom stereocenters. The van der Waals surface area contributed by atoms with E-state index in [9.17, 15) is 24.3 Å². The number of carbonyl (C=O) groups excluding carboxylic acids is 4. The number of rotatable bonds is 17. The van der Waals surface area contributed by atoms with Crippen LogP contribution in [0.1, 0.15) is 81.4 Å². The number of thiocarbonyl (C=S) groups is 1. The third kappa shape index (κ3) is 13.3. The van der Waals surface area contributed by atoms with Crippen molar-refractivity contribution in [3.05, 3.63) is 101 Å². The number of nitrogens with zero attached hydrogens (tertiary/aromatic N) is 2. The predicted molar refractivity (Wildman–Crippen MR) is 221 cm³/mol. The summed E-state index contributed by atoms with van der Waals surface area (Å²) in [6.45, 7) is 8.33. The van der Waals surface area contributed by atoms with Crippen LogP contribution in [0.5, 0.6) is 0 Å². The van der Waals surface area contributed by atoms with Crippen LogP contribution < -0.4 is 5.32 Å². The maximum atomic E-state index is 12.2. The van der Waals surface area contributed by atoms with Crippen LogP contribution in [0, 0.1) is 5.92 Å². The van der Waals surface area contributed by atoms with Crippen LogP contribution in [0.25, 0.3) is 0 Å². The van der Waals surface area contributed by atoms with Gasteiger partial charge in [0.05, 0.1) is 23.8 Å². The second-order valence-electron chi connectivity index (χ2n) is 15.1. The van der Waals surface area contributed by atoms with Crippen LogP contribution in [0.15, 0.2) is 72.9 Å². The smallest absolute Gasteiger partial charge is 0.303 e. The molecule has 9 atom stereocenters. The summed E-state index contributed by atoms with van der Waals surface area (Å²) in [6.07, 6.45) is -4.19. The minimum atomic E-state index is -1.27. The van der Waals surface area contributed by atoms with Crippen LogP contribution in [0.2, 0.25) is 0 Å². The fourth-order valence-electron chi connectivity index (χ4n) is 7.31. The molecule has 324 valence electrons. The first-order valence-electron chi connectivity index (χ1n) is 20.0. The molecule has 3 aromatic rings. The Labute approximate surface area is 356 Å². The van der Waals surface area contributed by atoms with Gasteiger partial charge in [0.2, 0.25) is 0 Å². The zero-order chi connectivity index (χ0) is 43.3. The van der Waals surface area contributed by atoms with Gasteiger partial charge >= 0.3 is 23.9 Å². The summed E-state index contributed by atoms with van der Waals surface area (Å²) in [7, 11) is 2.08. The number of hydrogen-bond acceptors (Lipinski definition) is 15. The molecule has 60 heavy (non-hydrogen) atoms. The van der Waals surface area contributed by atoms with Crippen LogP contribution >= 0.6 is 12.2 Å². The average molecular weight is 850 g/mol. The standard InChI is InChI=1S/C44H55N3O12S/c1-26-37(23-47(6)20-18-35-9-7-8-19-45-35)58-44(59-40(26)33-14-12-32(24-48)13-15-33)34-16-10-31(11-17-34)22-46-39(60)21-36-41(54-28(3)50)43(56-30(5)52)42(55-29(4)51)38(57-36)25-53-27(2)49/h7-17,19,26,36-38,40-44,48H,18,20-25H2,1-6H3,(H,46,60)/t26-,36-,37+,38+,40+,41-,42+,43+,44?/m0/s1. The van der Waals surface area contributed by atoms with Crippen LogP contribution in [-0.4, -0.2) is 107 Å². The van der Waals surface area contributed by atoms with Crippen molar-refractivity contribution in [1.29, 1.82) is 0 Å². The van der Waals surface area contributed by atoms with Crippen molar-refractivity contribution < 1.29 is 57.4 Å². The Hall–Kier alpha value is -4.84. The van der Waals surface area contributed by atoms with Crippen molar-refractivity contribution in [2.45, 2.75) is 110 Å². The van der Waals surface area contributed by atoms with E-state index >= 15 is 0 Å². The van der Waals surface area contributed by atoms with E-state index in [2.05, 4.69) is 29.2 Å². The summed E-state index contributed by atoms with van der Waals surface area (Å²) >= 11 is 5.71. The number of esters is 4. The van der Waals surface area contributed by atoms with Crippen molar-refractivity contribution in [3.63, 3.8) is 0 Å². The van der Waals surface area contributed by atoms with Gasteiger partial charge in [-0.3, -0.25) is 24.2 Å². The minimum Gasteiger partial charge on any atom is -0.463 e. The SMILES string of the molecule is CC(=O)OC[C@H]1O[C@@H](CC(=S)NCc2ccc(C3O[C@H](CN(C)CCc4ccccn4)[C@H](C)[C@H](c4ccc(CO)cc4)O3)cc2)[C@H](OC(C)=O)[C@@H](OC(C)=O)[C@@H]1OC(C)=O. The highest BCUT2D eigenvalue weighted by atomic mass is 32.1. The number of aliphatic hydroxyl groups is 1. The zero-order valence-corrected chi connectivity index (χ0v) is 35.6. The van der Waals surface area contributed by atoms with E-state index in [0.717, 1.165) is 40.9 Å². The third-order valence-corrected chi connectivity index (χ3v) is 10.6. The number of aliphatic hydroxyl groups excluding tert-OH is 1. The second-order valence-corrected chi connectivity index (χ2v) is 15.6. The van der Waals surface area contributed by atoms with Gasteiger partial charge in [-0.15, -0.1) is 0 Å². The molecule has 15 nitrogen and oxygen atoms in total. The lowest BCUT2D eigenvalue weighted by atomic mass is 9.90. The normalized spacial score (nSPS) is 25.2. The monoisotopic (exact) mass is 849 g/mol. The van der Waals surface area contributed by atoms with Crippen molar-refractivity contribution in [3.8, 4) is 0 Å². The third-order valence-electron chi connectivity index (χ3n) is 10.3. The van der Waals surface area contributed by atoms with Gasteiger partial charge in [-0.1, -0.05) is 73.7 Å². The highest BCUT2D eigenvalue weighted by Crippen LogP contribution is 2.42. The summed E-state index contributed by atoms with van der Waals surface area (Å²) in [4.78, 5) is 55.3. The molecule has 2 fully saturated rings. The molecular weight excluding hydrogens is 795 g/mol. The lowest BCUT2D eigenvalue weighted by molar-refractivity contribution is -0.275. The first-order chi connectivity index (χ1) is 28.7. The second kappa shape index (κ2) is 22.1. The molecule has 1 aromatic heterocycles. The van der Waals surface area contributed by atoms with Crippen molar-refractivity contribution in [2.75, 3.05) is 26.7 Å². The molecule has 0 amide bonds. The number of aromatic nitrogens is 1. The predicted octanol–water partition coefficient (Wildman–Crippen LogP) is 4.47. The quantitative estimate of drug-likeness (QED) is 0.110. The van der Waals surface area contributed by atoms with Gasteiger partial charge < -0.3 is 48.5 Å². The lowest BCUT2D eigenvalue weighted by Crippen LogP contribution is -2.62.